The Labute approximate surface area is 99.5 Å². The summed E-state index contributed by atoms with van der Waals surface area (Å²) in [6.07, 6.45) is 5.13. The van der Waals surface area contributed by atoms with Gasteiger partial charge in [-0.15, -0.1) is 0 Å². The molecule has 1 nitrogen and oxygen atoms in total. The summed E-state index contributed by atoms with van der Waals surface area (Å²) < 4.78 is 0. The summed E-state index contributed by atoms with van der Waals surface area (Å²) in [7, 11) is 0. The molecule has 2 rings (SSSR count). The zero-order chi connectivity index (χ0) is 11.4. The van der Waals surface area contributed by atoms with Crippen LogP contribution in [0.5, 0.6) is 0 Å². The molecule has 16 heavy (non-hydrogen) atoms. The molecule has 1 aliphatic rings. The first kappa shape index (κ1) is 11.5. The molecule has 0 aromatic heterocycles. The molecule has 0 unspecified atom stereocenters. The van der Waals surface area contributed by atoms with Crippen molar-refractivity contribution in [2.75, 3.05) is 18.0 Å². The lowest BCUT2D eigenvalue weighted by Crippen LogP contribution is -2.32. The first-order valence-corrected chi connectivity index (χ1v) is 6.63. The maximum Gasteiger partial charge on any atom is 0.0366 e. The van der Waals surface area contributed by atoms with Crippen LogP contribution in [0.25, 0.3) is 0 Å². The van der Waals surface area contributed by atoms with Crippen LogP contribution >= 0.6 is 0 Å². The van der Waals surface area contributed by atoms with Gasteiger partial charge in [-0.05, 0) is 42.9 Å². The Kier molecular flexibility index (Phi) is 3.87. The predicted octanol–water partition coefficient (Wildman–Crippen LogP) is 3.88. The molecule has 0 amide bonds. The first-order valence-electron chi connectivity index (χ1n) is 6.63. The van der Waals surface area contributed by atoms with Gasteiger partial charge in [0, 0.05) is 18.8 Å². The Morgan fingerprint density at radius 3 is 2.31 bits per heavy atom. The second kappa shape index (κ2) is 5.38. The zero-order valence-electron chi connectivity index (χ0n) is 10.6. The highest BCUT2D eigenvalue weighted by Crippen LogP contribution is 2.23. The summed E-state index contributed by atoms with van der Waals surface area (Å²) in [5.74, 6) is 0.913. The van der Waals surface area contributed by atoms with Gasteiger partial charge in [0.2, 0.25) is 0 Å². The summed E-state index contributed by atoms with van der Waals surface area (Å²) in [4.78, 5) is 2.52. The largest absolute Gasteiger partial charge is 0.372 e. The van der Waals surface area contributed by atoms with E-state index in [9.17, 15) is 0 Å². The normalized spacial score (nSPS) is 17.8. The molecule has 0 radical (unpaired) electrons. The van der Waals surface area contributed by atoms with Gasteiger partial charge in [0.1, 0.15) is 0 Å². The first-order chi connectivity index (χ1) is 7.79. The summed E-state index contributed by atoms with van der Waals surface area (Å²) in [6.45, 7) is 7.06. The van der Waals surface area contributed by atoms with Crippen molar-refractivity contribution in [1.29, 1.82) is 0 Å². The van der Waals surface area contributed by atoms with Crippen LogP contribution in [0.4, 0.5) is 5.69 Å². The molecule has 0 aliphatic carbocycles. The maximum absolute atomic E-state index is 2.52. The summed E-state index contributed by atoms with van der Waals surface area (Å²) in [5, 5.41) is 0. The molecule has 0 saturated carbocycles. The van der Waals surface area contributed by atoms with Gasteiger partial charge in [-0.3, -0.25) is 0 Å². The third-order valence-electron chi connectivity index (χ3n) is 3.62. The fourth-order valence-electron chi connectivity index (χ4n) is 2.43. The van der Waals surface area contributed by atoms with Crippen molar-refractivity contribution in [3.8, 4) is 0 Å². The van der Waals surface area contributed by atoms with Gasteiger partial charge < -0.3 is 4.90 Å². The van der Waals surface area contributed by atoms with Crippen LogP contribution in [0, 0.1) is 5.92 Å². The number of rotatable bonds is 3. The Bertz CT molecular complexity index is 307. The lowest BCUT2D eigenvalue weighted by molar-refractivity contribution is 0.438. The smallest absolute Gasteiger partial charge is 0.0366 e. The standard InChI is InChI=1S/C15H23N/c1-3-4-14-5-7-15(8-6-14)16-11-9-13(2)10-12-16/h5-8,13H,3-4,9-12H2,1-2H3. The van der Waals surface area contributed by atoms with Crippen LogP contribution < -0.4 is 4.90 Å². The van der Waals surface area contributed by atoms with Gasteiger partial charge in [-0.25, -0.2) is 0 Å². The highest BCUT2D eigenvalue weighted by Gasteiger charge is 2.15. The summed E-state index contributed by atoms with van der Waals surface area (Å²) in [6, 6.07) is 9.16. The van der Waals surface area contributed by atoms with Crippen LogP contribution in [0.2, 0.25) is 0 Å². The quantitative estimate of drug-likeness (QED) is 0.742. The predicted molar refractivity (Wildman–Crippen MR) is 71.0 cm³/mol. The average Bonchev–Trinajstić information content (AvgIpc) is 2.32. The maximum atomic E-state index is 2.52. The van der Waals surface area contributed by atoms with E-state index in [2.05, 4.69) is 43.0 Å². The van der Waals surface area contributed by atoms with Crippen molar-refractivity contribution in [2.24, 2.45) is 5.92 Å². The second-order valence-corrected chi connectivity index (χ2v) is 5.09. The third-order valence-corrected chi connectivity index (χ3v) is 3.62. The van der Waals surface area contributed by atoms with E-state index in [1.165, 1.54) is 50.0 Å². The van der Waals surface area contributed by atoms with Crippen molar-refractivity contribution in [3.05, 3.63) is 29.8 Å². The molecule has 1 aromatic carbocycles. The van der Waals surface area contributed by atoms with E-state index in [0.29, 0.717) is 0 Å². The van der Waals surface area contributed by atoms with Gasteiger partial charge in [-0.1, -0.05) is 32.4 Å². The van der Waals surface area contributed by atoms with E-state index in [4.69, 9.17) is 0 Å². The molecule has 88 valence electrons. The highest BCUT2D eigenvalue weighted by atomic mass is 15.1. The molecule has 1 aliphatic heterocycles. The van der Waals surface area contributed by atoms with E-state index < -0.39 is 0 Å². The van der Waals surface area contributed by atoms with E-state index in [1.54, 1.807) is 0 Å². The number of hydrogen-bond donors (Lipinski definition) is 0. The molecular weight excluding hydrogens is 194 g/mol. The molecule has 0 spiro atoms. The fourth-order valence-corrected chi connectivity index (χ4v) is 2.43. The minimum Gasteiger partial charge on any atom is -0.372 e. The van der Waals surface area contributed by atoms with Crippen LogP contribution in [0.3, 0.4) is 0 Å². The molecular formula is C15H23N. The van der Waals surface area contributed by atoms with Crippen molar-refractivity contribution in [3.63, 3.8) is 0 Å². The van der Waals surface area contributed by atoms with Crippen LogP contribution in [-0.4, -0.2) is 13.1 Å². The Morgan fingerprint density at radius 1 is 1.12 bits per heavy atom. The molecule has 0 atom stereocenters. The molecule has 0 bridgehead atoms. The van der Waals surface area contributed by atoms with E-state index >= 15 is 0 Å². The van der Waals surface area contributed by atoms with Crippen molar-refractivity contribution in [2.45, 2.75) is 39.5 Å². The van der Waals surface area contributed by atoms with Gasteiger partial charge in [0.15, 0.2) is 0 Å². The molecule has 1 heterocycles. The molecule has 0 N–H and O–H groups in total. The van der Waals surface area contributed by atoms with E-state index in [1.807, 2.05) is 0 Å². The van der Waals surface area contributed by atoms with Gasteiger partial charge in [0.05, 0.1) is 0 Å². The number of aryl methyl sites for hydroxylation is 1. The van der Waals surface area contributed by atoms with Crippen molar-refractivity contribution in [1.82, 2.24) is 0 Å². The van der Waals surface area contributed by atoms with Crippen LogP contribution in [0.1, 0.15) is 38.7 Å². The van der Waals surface area contributed by atoms with Gasteiger partial charge in [-0.2, -0.15) is 0 Å². The summed E-state index contributed by atoms with van der Waals surface area (Å²) >= 11 is 0. The molecule has 1 saturated heterocycles. The summed E-state index contributed by atoms with van der Waals surface area (Å²) in [5.41, 5.74) is 2.88. The minimum atomic E-state index is 0.913. The van der Waals surface area contributed by atoms with Crippen molar-refractivity contribution >= 4 is 5.69 Å². The lowest BCUT2D eigenvalue weighted by atomic mass is 9.98. The monoisotopic (exact) mass is 217 g/mol. The van der Waals surface area contributed by atoms with Gasteiger partial charge >= 0.3 is 0 Å². The van der Waals surface area contributed by atoms with Crippen LogP contribution in [0.15, 0.2) is 24.3 Å². The number of benzene rings is 1. The Hall–Kier alpha value is -0.980. The second-order valence-electron chi connectivity index (χ2n) is 5.09. The van der Waals surface area contributed by atoms with E-state index in [0.717, 1.165) is 5.92 Å². The molecule has 1 heteroatoms. The topological polar surface area (TPSA) is 3.24 Å². The number of piperidine rings is 1. The van der Waals surface area contributed by atoms with Crippen molar-refractivity contribution < 1.29 is 0 Å². The highest BCUT2D eigenvalue weighted by molar-refractivity contribution is 5.47. The minimum absolute atomic E-state index is 0.913. The Morgan fingerprint density at radius 2 is 1.75 bits per heavy atom. The SMILES string of the molecule is CCCc1ccc(N2CCC(C)CC2)cc1. The Balaban J connectivity index is 1.98. The number of anilines is 1. The zero-order valence-corrected chi connectivity index (χ0v) is 10.6. The average molecular weight is 217 g/mol. The van der Waals surface area contributed by atoms with Gasteiger partial charge in [0.25, 0.3) is 0 Å². The molecule has 1 aromatic rings. The number of nitrogens with zero attached hydrogens (tertiary/aromatic N) is 1. The molecule has 1 fully saturated rings. The van der Waals surface area contributed by atoms with E-state index in [-0.39, 0.29) is 0 Å². The third kappa shape index (κ3) is 2.78. The van der Waals surface area contributed by atoms with Crippen LogP contribution in [-0.2, 0) is 6.42 Å². The number of hydrogen-bond acceptors (Lipinski definition) is 1. The lowest BCUT2D eigenvalue weighted by Gasteiger charge is -2.32. The fraction of sp³-hybridized carbons (Fsp3) is 0.600.